The molecule has 0 bridgehead atoms. The van der Waals surface area contributed by atoms with Crippen molar-refractivity contribution in [3.63, 3.8) is 0 Å². The summed E-state index contributed by atoms with van der Waals surface area (Å²) < 4.78 is 0. The Hall–Kier alpha value is -1.39. The Labute approximate surface area is 77.2 Å². The first-order valence-electron chi connectivity index (χ1n) is 4.44. The molecule has 0 aromatic carbocycles. The minimum Gasteiger partial charge on any atom is -0.336 e. The molecule has 0 saturated heterocycles. The molecule has 0 aliphatic rings. The molecule has 5 heteroatoms. The van der Waals surface area contributed by atoms with Gasteiger partial charge in [0.05, 0.1) is 0 Å². The first kappa shape index (κ1) is 9.70. The third kappa shape index (κ3) is 2.27. The zero-order valence-corrected chi connectivity index (χ0v) is 7.95. The van der Waals surface area contributed by atoms with Crippen molar-refractivity contribution in [2.24, 2.45) is 0 Å². The van der Waals surface area contributed by atoms with Crippen molar-refractivity contribution in [3.05, 3.63) is 12.2 Å². The molecule has 0 aliphatic carbocycles. The lowest BCUT2D eigenvalue weighted by atomic mass is 10.4. The Morgan fingerprint density at radius 1 is 1.62 bits per heavy atom. The van der Waals surface area contributed by atoms with Gasteiger partial charge in [-0.3, -0.25) is 9.89 Å². The summed E-state index contributed by atoms with van der Waals surface area (Å²) in [6.45, 7) is 5.45. The van der Waals surface area contributed by atoms with Gasteiger partial charge < -0.3 is 4.90 Å². The van der Waals surface area contributed by atoms with Crippen LogP contribution in [0.25, 0.3) is 0 Å². The summed E-state index contributed by atoms with van der Waals surface area (Å²) in [5.41, 5.74) is 0. The average Bonchev–Trinajstić information content (AvgIpc) is 2.65. The smallest absolute Gasteiger partial charge is 0.291 e. The molecule has 0 radical (unpaired) electrons. The van der Waals surface area contributed by atoms with Gasteiger partial charge in [-0.1, -0.05) is 6.92 Å². The van der Waals surface area contributed by atoms with E-state index in [1.807, 2.05) is 13.8 Å². The summed E-state index contributed by atoms with van der Waals surface area (Å²) in [7, 11) is 0. The standard InChI is InChI=1S/C8H14N4O/c1-3-5-12(4-2)8(13)7-9-6-10-11-7/h6H,3-5H2,1-2H3,(H,9,10,11). The van der Waals surface area contributed by atoms with Crippen molar-refractivity contribution in [1.29, 1.82) is 0 Å². The summed E-state index contributed by atoms with van der Waals surface area (Å²) in [5, 5.41) is 6.19. The van der Waals surface area contributed by atoms with E-state index in [1.54, 1.807) is 4.90 Å². The van der Waals surface area contributed by atoms with Crippen LogP contribution in [0.15, 0.2) is 6.33 Å². The lowest BCUT2D eigenvalue weighted by Crippen LogP contribution is -2.32. The molecule has 1 amide bonds. The second-order valence-electron chi connectivity index (χ2n) is 2.72. The van der Waals surface area contributed by atoms with Crippen LogP contribution in [0.2, 0.25) is 0 Å². The van der Waals surface area contributed by atoms with Gasteiger partial charge in [0.25, 0.3) is 5.91 Å². The van der Waals surface area contributed by atoms with Gasteiger partial charge in [-0.25, -0.2) is 4.98 Å². The van der Waals surface area contributed by atoms with Gasteiger partial charge in [0.1, 0.15) is 6.33 Å². The zero-order valence-electron chi connectivity index (χ0n) is 7.95. The molecule has 1 rings (SSSR count). The van der Waals surface area contributed by atoms with Crippen LogP contribution in [0, 0.1) is 0 Å². The maximum atomic E-state index is 11.6. The van der Waals surface area contributed by atoms with Crippen LogP contribution in [0.4, 0.5) is 0 Å². The highest BCUT2D eigenvalue weighted by Gasteiger charge is 2.15. The minimum absolute atomic E-state index is 0.0816. The lowest BCUT2D eigenvalue weighted by molar-refractivity contribution is 0.0752. The van der Waals surface area contributed by atoms with Crippen molar-refractivity contribution in [2.75, 3.05) is 13.1 Å². The Bertz CT molecular complexity index is 257. The molecule has 0 aliphatic heterocycles. The maximum Gasteiger partial charge on any atom is 0.291 e. The van der Waals surface area contributed by atoms with Gasteiger partial charge in [0, 0.05) is 13.1 Å². The zero-order chi connectivity index (χ0) is 9.68. The van der Waals surface area contributed by atoms with Crippen molar-refractivity contribution in [3.8, 4) is 0 Å². The van der Waals surface area contributed by atoms with Gasteiger partial charge in [0.2, 0.25) is 5.82 Å². The van der Waals surface area contributed by atoms with Crippen molar-refractivity contribution in [1.82, 2.24) is 20.1 Å². The van der Waals surface area contributed by atoms with Crippen molar-refractivity contribution in [2.45, 2.75) is 20.3 Å². The minimum atomic E-state index is -0.0816. The van der Waals surface area contributed by atoms with E-state index in [-0.39, 0.29) is 5.91 Å². The van der Waals surface area contributed by atoms with E-state index in [0.717, 1.165) is 13.0 Å². The highest BCUT2D eigenvalue weighted by atomic mass is 16.2. The molecule has 1 aromatic heterocycles. The fraction of sp³-hybridized carbons (Fsp3) is 0.625. The fourth-order valence-corrected chi connectivity index (χ4v) is 1.13. The molecule has 13 heavy (non-hydrogen) atoms. The van der Waals surface area contributed by atoms with Gasteiger partial charge >= 0.3 is 0 Å². The quantitative estimate of drug-likeness (QED) is 0.744. The van der Waals surface area contributed by atoms with E-state index < -0.39 is 0 Å². The molecular weight excluding hydrogens is 168 g/mol. The first-order valence-corrected chi connectivity index (χ1v) is 4.44. The van der Waals surface area contributed by atoms with Crippen LogP contribution in [0.1, 0.15) is 30.9 Å². The second-order valence-corrected chi connectivity index (χ2v) is 2.72. The molecule has 5 nitrogen and oxygen atoms in total. The number of hydrogen-bond donors (Lipinski definition) is 1. The maximum absolute atomic E-state index is 11.6. The highest BCUT2D eigenvalue weighted by molar-refractivity contribution is 5.90. The number of hydrogen-bond acceptors (Lipinski definition) is 3. The molecule has 0 atom stereocenters. The number of H-pyrrole nitrogens is 1. The number of nitrogens with zero attached hydrogens (tertiary/aromatic N) is 3. The lowest BCUT2D eigenvalue weighted by Gasteiger charge is -2.17. The Kier molecular flexibility index (Phi) is 3.42. The van der Waals surface area contributed by atoms with Crippen molar-refractivity contribution >= 4 is 5.91 Å². The van der Waals surface area contributed by atoms with Crippen LogP contribution in [0.3, 0.4) is 0 Å². The number of aromatic nitrogens is 3. The predicted octanol–water partition coefficient (Wildman–Crippen LogP) is 0.677. The Morgan fingerprint density at radius 3 is 2.85 bits per heavy atom. The number of nitrogens with one attached hydrogen (secondary N) is 1. The highest BCUT2D eigenvalue weighted by Crippen LogP contribution is 1.98. The van der Waals surface area contributed by atoms with Gasteiger partial charge in [-0.2, -0.15) is 5.10 Å². The molecule has 1 aromatic rings. The first-order chi connectivity index (χ1) is 6.29. The summed E-state index contributed by atoms with van der Waals surface area (Å²) >= 11 is 0. The Morgan fingerprint density at radius 2 is 2.38 bits per heavy atom. The van der Waals surface area contributed by atoms with Crippen LogP contribution in [-0.4, -0.2) is 39.1 Å². The summed E-state index contributed by atoms with van der Waals surface area (Å²) in [5.74, 6) is 0.233. The largest absolute Gasteiger partial charge is 0.336 e. The topological polar surface area (TPSA) is 61.9 Å². The molecule has 1 N–H and O–H groups in total. The monoisotopic (exact) mass is 182 g/mol. The third-order valence-corrected chi connectivity index (χ3v) is 1.78. The van der Waals surface area contributed by atoms with E-state index >= 15 is 0 Å². The van der Waals surface area contributed by atoms with Crippen LogP contribution >= 0.6 is 0 Å². The van der Waals surface area contributed by atoms with Gasteiger partial charge in [-0.05, 0) is 13.3 Å². The number of aromatic amines is 1. The molecule has 0 spiro atoms. The predicted molar refractivity (Wildman–Crippen MR) is 48.3 cm³/mol. The molecule has 0 saturated carbocycles. The fourth-order valence-electron chi connectivity index (χ4n) is 1.13. The van der Waals surface area contributed by atoms with E-state index in [0.29, 0.717) is 12.4 Å². The molecule has 1 heterocycles. The number of carbonyl (C=O) groups excluding carboxylic acids is 1. The molecule has 72 valence electrons. The van der Waals surface area contributed by atoms with Gasteiger partial charge in [-0.15, -0.1) is 0 Å². The van der Waals surface area contributed by atoms with Crippen LogP contribution < -0.4 is 0 Å². The Balaban J connectivity index is 2.65. The summed E-state index contributed by atoms with van der Waals surface area (Å²) in [4.78, 5) is 17.2. The SMILES string of the molecule is CCCN(CC)C(=O)c1ncn[nH]1. The average molecular weight is 182 g/mol. The summed E-state index contributed by atoms with van der Waals surface area (Å²) in [6.07, 6.45) is 2.29. The number of amides is 1. The molecule has 0 unspecified atom stereocenters. The van der Waals surface area contributed by atoms with Crippen molar-refractivity contribution < 1.29 is 4.79 Å². The normalized spacial score (nSPS) is 10.0. The van der Waals surface area contributed by atoms with E-state index in [1.165, 1.54) is 6.33 Å². The van der Waals surface area contributed by atoms with Gasteiger partial charge in [0.15, 0.2) is 0 Å². The van der Waals surface area contributed by atoms with Crippen LogP contribution in [0.5, 0.6) is 0 Å². The van der Waals surface area contributed by atoms with E-state index in [2.05, 4.69) is 15.2 Å². The summed E-state index contributed by atoms with van der Waals surface area (Å²) in [6, 6.07) is 0. The second kappa shape index (κ2) is 4.59. The molecular formula is C8H14N4O. The van der Waals surface area contributed by atoms with Crippen LogP contribution in [-0.2, 0) is 0 Å². The number of carbonyl (C=O) groups is 1. The molecule has 0 fully saturated rings. The van der Waals surface area contributed by atoms with E-state index in [4.69, 9.17) is 0 Å². The van der Waals surface area contributed by atoms with E-state index in [9.17, 15) is 4.79 Å². The third-order valence-electron chi connectivity index (χ3n) is 1.78. The number of rotatable bonds is 4.